The molecule has 0 saturated carbocycles. The molecule has 1 N–H and O–H groups in total. The molecular weight excluding hydrogens is 158 g/mol. The Morgan fingerprint density at radius 1 is 1.42 bits per heavy atom. The largest absolute Gasteiger partial charge is 0.480 e. The second-order valence-electron chi connectivity index (χ2n) is 2.69. The number of hydrogen-bond donors (Lipinski definition) is 1. The zero-order valence-corrected chi connectivity index (χ0v) is 7.54. The van der Waals surface area contributed by atoms with Crippen molar-refractivity contribution in [2.24, 2.45) is 0 Å². The van der Waals surface area contributed by atoms with Crippen molar-refractivity contribution in [3.63, 3.8) is 0 Å². The molecule has 0 aromatic rings. The molecule has 0 aromatic heterocycles. The van der Waals surface area contributed by atoms with Gasteiger partial charge in [-0.1, -0.05) is 13.3 Å². The topological polar surface area (TPSA) is 57.6 Å². The van der Waals surface area contributed by atoms with E-state index in [-0.39, 0.29) is 12.5 Å². The van der Waals surface area contributed by atoms with Crippen molar-refractivity contribution in [1.29, 1.82) is 0 Å². The maximum Gasteiger partial charge on any atom is 0.323 e. The minimum atomic E-state index is -0.957. The number of nitrogens with zero attached hydrogens (tertiary/aromatic N) is 1. The van der Waals surface area contributed by atoms with Crippen LogP contribution < -0.4 is 0 Å². The van der Waals surface area contributed by atoms with Gasteiger partial charge in [0.1, 0.15) is 6.54 Å². The number of carbonyl (C=O) groups is 2. The number of aliphatic carboxylic acids is 1. The molecule has 0 aliphatic carbocycles. The van der Waals surface area contributed by atoms with Gasteiger partial charge in [0, 0.05) is 13.5 Å². The summed E-state index contributed by atoms with van der Waals surface area (Å²) in [4.78, 5) is 22.5. The molecule has 0 spiro atoms. The monoisotopic (exact) mass is 173 g/mol. The van der Waals surface area contributed by atoms with E-state index in [1.165, 1.54) is 11.8 Å². The van der Waals surface area contributed by atoms with E-state index >= 15 is 0 Å². The van der Waals surface area contributed by atoms with Gasteiger partial charge in [0.15, 0.2) is 0 Å². The van der Waals surface area contributed by atoms with Gasteiger partial charge in [-0.15, -0.1) is 0 Å². The van der Waals surface area contributed by atoms with E-state index in [4.69, 9.17) is 5.11 Å². The van der Waals surface area contributed by atoms with Crippen LogP contribution in [0.1, 0.15) is 26.7 Å². The van der Waals surface area contributed by atoms with Crippen LogP contribution in [0.25, 0.3) is 0 Å². The van der Waals surface area contributed by atoms with Crippen molar-refractivity contribution in [2.45, 2.75) is 26.7 Å². The van der Waals surface area contributed by atoms with Gasteiger partial charge in [0.05, 0.1) is 0 Å². The molecule has 0 aromatic carbocycles. The quantitative estimate of drug-likeness (QED) is 0.666. The number of hydrogen-bond acceptors (Lipinski definition) is 2. The Balaban J connectivity index is 3.87. The van der Waals surface area contributed by atoms with Crippen LogP contribution in [0.2, 0.25) is 0 Å². The summed E-state index contributed by atoms with van der Waals surface area (Å²) in [5, 5.41) is 8.44. The summed E-state index contributed by atoms with van der Waals surface area (Å²) in [6.07, 6.45) is 1.82. The van der Waals surface area contributed by atoms with E-state index in [0.717, 1.165) is 12.8 Å². The summed E-state index contributed by atoms with van der Waals surface area (Å²) in [5.74, 6) is -1.13. The average molecular weight is 173 g/mol. The highest BCUT2D eigenvalue weighted by Gasteiger charge is 2.10. The van der Waals surface area contributed by atoms with E-state index < -0.39 is 5.97 Å². The molecule has 70 valence electrons. The second-order valence-corrected chi connectivity index (χ2v) is 2.69. The maximum absolute atomic E-state index is 10.8. The van der Waals surface area contributed by atoms with Gasteiger partial charge in [-0.25, -0.2) is 0 Å². The lowest BCUT2D eigenvalue weighted by Crippen LogP contribution is -2.34. The van der Waals surface area contributed by atoms with Crippen molar-refractivity contribution in [3.05, 3.63) is 0 Å². The fraction of sp³-hybridized carbons (Fsp3) is 0.750. The molecular formula is C8H15NO3. The standard InChI is InChI=1S/C8H15NO3/c1-3-4-5-9(7(2)10)6-8(11)12/h3-6H2,1-2H3,(H,11,12). The molecule has 0 saturated heterocycles. The lowest BCUT2D eigenvalue weighted by atomic mass is 10.3. The van der Waals surface area contributed by atoms with Crippen molar-refractivity contribution < 1.29 is 14.7 Å². The van der Waals surface area contributed by atoms with E-state index in [0.29, 0.717) is 6.54 Å². The third-order valence-corrected chi connectivity index (χ3v) is 1.55. The molecule has 0 heterocycles. The predicted octanol–water partition coefficient (Wildman–Crippen LogP) is 0.720. The number of carbonyl (C=O) groups excluding carboxylic acids is 1. The van der Waals surface area contributed by atoms with Gasteiger partial charge in [-0.3, -0.25) is 9.59 Å². The number of amides is 1. The Bertz CT molecular complexity index is 168. The zero-order valence-electron chi connectivity index (χ0n) is 7.54. The molecule has 0 aliphatic rings. The summed E-state index contributed by atoms with van der Waals surface area (Å²) in [7, 11) is 0. The summed E-state index contributed by atoms with van der Waals surface area (Å²) < 4.78 is 0. The normalized spacial score (nSPS) is 9.50. The molecule has 12 heavy (non-hydrogen) atoms. The van der Waals surface area contributed by atoms with Crippen molar-refractivity contribution in [1.82, 2.24) is 4.90 Å². The van der Waals surface area contributed by atoms with Gasteiger partial charge >= 0.3 is 5.97 Å². The number of rotatable bonds is 5. The van der Waals surface area contributed by atoms with Crippen LogP contribution in [0.5, 0.6) is 0 Å². The molecule has 0 unspecified atom stereocenters. The lowest BCUT2D eigenvalue weighted by Gasteiger charge is -2.17. The van der Waals surface area contributed by atoms with Gasteiger partial charge in [0.25, 0.3) is 0 Å². The first-order valence-corrected chi connectivity index (χ1v) is 4.05. The Labute approximate surface area is 72.2 Å². The van der Waals surface area contributed by atoms with Crippen LogP contribution in [0.3, 0.4) is 0 Å². The Morgan fingerprint density at radius 3 is 2.33 bits per heavy atom. The molecule has 4 heteroatoms. The smallest absolute Gasteiger partial charge is 0.323 e. The van der Waals surface area contributed by atoms with E-state index in [2.05, 4.69) is 0 Å². The van der Waals surface area contributed by atoms with Crippen LogP contribution in [0, 0.1) is 0 Å². The third kappa shape index (κ3) is 4.71. The SMILES string of the molecule is CCCCN(CC(=O)O)C(C)=O. The third-order valence-electron chi connectivity index (χ3n) is 1.55. The fourth-order valence-corrected chi connectivity index (χ4v) is 0.860. The number of unbranched alkanes of at least 4 members (excludes halogenated alkanes) is 1. The van der Waals surface area contributed by atoms with Crippen LogP contribution in [0.4, 0.5) is 0 Å². The van der Waals surface area contributed by atoms with E-state index in [9.17, 15) is 9.59 Å². The lowest BCUT2D eigenvalue weighted by molar-refractivity contribution is -0.143. The van der Waals surface area contributed by atoms with Crippen LogP contribution in [-0.2, 0) is 9.59 Å². The summed E-state index contributed by atoms with van der Waals surface area (Å²) in [6, 6.07) is 0. The van der Waals surface area contributed by atoms with Crippen LogP contribution in [-0.4, -0.2) is 35.0 Å². The van der Waals surface area contributed by atoms with Gasteiger partial charge in [-0.2, -0.15) is 0 Å². The van der Waals surface area contributed by atoms with Crippen molar-refractivity contribution in [3.8, 4) is 0 Å². The molecule has 4 nitrogen and oxygen atoms in total. The van der Waals surface area contributed by atoms with Crippen molar-refractivity contribution >= 4 is 11.9 Å². The highest BCUT2D eigenvalue weighted by atomic mass is 16.4. The highest BCUT2D eigenvalue weighted by Crippen LogP contribution is 1.95. The van der Waals surface area contributed by atoms with Gasteiger partial charge in [0.2, 0.25) is 5.91 Å². The maximum atomic E-state index is 10.8. The Morgan fingerprint density at radius 2 is 2.00 bits per heavy atom. The molecule has 0 bridgehead atoms. The second kappa shape index (κ2) is 5.57. The first-order valence-electron chi connectivity index (χ1n) is 4.05. The molecule has 0 rings (SSSR count). The minimum Gasteiger partial charge on any atom is -0.480 e. The van der Waals surface area contributed by atoms with E-state index in [1.54, 1.807) is 0 Å². The van der Waals surface area contributed by atoms with E-state index in [1.807, 2.05) is 6.92 Å². The predicted molar refractivity (Wildman–Crippen MR) is 44.8 cm³/mol. The molecule has 0 radical (unpaired) electrons. The Hall–Kier alpha value is -1.06. The summed E-state index contributed by atoms with van der Waals surface area (Å²) in [6.45, 7) is 3.74. The molecule has 0 atom stereocenters. The molecule has 0 fully saturated rings. The molecule has 1 amide bonds. The highest BCUT2D eigenvalue weighted by molar-refractivity contribution is 5.79. The first kappa shape index (κ1) is 10.9. The Kier molecular flexibility index (Phi) is 5.08. The molecule has 0 aliphatic heterocycles. The minimum absolute atomic E-state index is 0.175. The van der Waals surface area contributed by atoms with Crippen LogP contribution >= 0.6 is 0 Å². The summed E-state index contributed by atoms with van der Waals surface area (Å²) in [5.41, 5.74) is 0. The van der Waals surface area contributed by atoms with Crippen molar-refractivity contribution in [2.75, 3.05) is 13.1 Å². The first-order chi connectivity index (χ1) is 5.57. The average Bonchev–Trinajstić information content (AvgIpc) is 1.96. The fourth-order valence-electron chi connectivity index (χ4n) is 0.860. The number of carboxylic acids is 1. The summed E-state index contributed by atoms with van der Waals surface area (Å²) >= 11 is 0. The van der Waals surface area contributed by atoms with Gasteiger partial charge in [-0.05, 0) is 6.42 Å². The zero-order chi connectivity index (χ0) is 9.56. The van der Waals surface area contributed by atoms with Gasteiger partial charge < -0.3 is 10.0 Å². The number of carboxylic acid groups (broad SMARTS) is 1. The van der Waals surface area contributed by atoms with Crippen LogP contribution in [0.15, 0.2) is 0 Å².